The second-order valence-corrected chi connectivity index (χ2v) is 5.22. The van der Waals surface area contributed by atoms with Crippen LogP contribution in [0.3, 0.4) is 0 Å². The van der Waals surface area contributed by atoms with Crippen LogP contribution in [-0.2, 0) is 9.53 Å². The molecule has 1 fully saturated rings. The second-order valence-electron chi connectivity index (χ2n) is 4.41. The molecule has 1 aromatic rings. The van der Waals surface area contributed by atoms with Crippen LogP contribution in [0, 0.1) is 0 Å². The van der Waals surface area contributed by atoms with E-state index < -0.39 is 0 Å². The molecule has 0 atom stereocenters. The monoisotopic (exact) mass is 302 g/mol. The largest absolute Gasteiger partial charge is 0.368 e. The van der Waals surface area contributed by atoms with Gasteiger partial charge in [0, 0.05) is 0 Å². The zero-order valence-electron chi connectivity index (χ0n) is 10.4. The maximum Gasteiger partial charge on any atom is 0.250 e. The van der Waals surface area contributed by atoms with Crippen molar-refractivity contribution in [3.63, 3.8) is 0 Å². The van der Waals surface area contributed by atoms with Crippen LogP contribution in [0.25, 0.3) is 0 Å². The molecule has 1 saturated heterocycles. The van der Waals surface area contributed by atoms with Crippen LogP contribution in [0.2, 0.25) is 10.0 Å². The van der Waals surface area contributed by atoms with Gasteiger partial charge in [0.25, 0.3) is 0 Å². The standard InChI is InChI=1S/C13H16Cl2N2O2/c14-10-2-1-3-11(15)13(10)17-12(18)8-19-9-4-6-16-7-5-9/h1-3,9,16H,4-8H2,(H,17,18). The average Bonchev–Trinajstić information content (AvgIpc) is 2.42. The van der Waals surface area contributed by atoms with E-state index in [4.69, 9.17) is 27.9 Å². The van der Waals surface area contributed by atoms with E-state index in [1.165, 1.54) is 0 Å². The second kappa shape index (κ2) is 7.10. The quantitative estimate of drug-likeness (QED) is 0.899. The molecule has 1 aliphatic heterocycles. The van der Waals surface area contributed by atoms with Gasteiger partial charge >= 0.3 is 0 Å². The van der Waals surface area contributed by atoms with Crippen LogP contribution in [-0.4, -0.2) is 31.7 Å². The first-order valence-electron chi connectivity index (χ1n) is 6.23. The van der Waals surface area contributed by atoms with E-state index in [0.29, 0.717) is 15.7 Å². The maximum absolute atomic E-state index is 11.8. The number of para-hydroxylation sites is 1. The van der Waals surface area contributed by atoms with Crippen molar-refractivity contribution in [3.8, 4) is 0 Å². The third-order valence-corrected chi connectivity index (χ3v) is 3.59. The highest BCUT2D eigenvalue weighted by atomic mass is 35.5. The van der Waals surface area contributed by atoms with Gasteiger partial charge in [0.15, 0.2) is 0 Å². The Morgan fingerprint density at radius 3 is 2.58 bits per heavy atom. The number of carbonyl (C=O) groups is 1. The molecule has 6 heteroatoms. The summed E-state index contributed by atoms with van der Waals surface area (Å²) < 4.78 is 5.56. The van der Waals surface area contributed by atoms with E-state index in [2.05, 4.69) is 10.6 Å². The minimum atomic E-state index is -0.242. The molecule has 0 saturated carbocycles. The molecule has 1 heterocycles. The number of hydrogen-bond donors (Lipinski definition) is 2. The number of nitrogens with one attached hydrogen (secondary N) is 2. The smallest absolute Gasteiger partial charge is 0.250 e. The predicted molar refractivity (Wildman–Crippen MR) is 76.9 cm³/mol. The number of halogens is 2. The molecule has 0 unspecified atom stereocenters. The van der Waals surface area contributed by atoms with E-state index in [-0.39, 0.29) is 18.6 Å². The Morgan fingerprint density at radius 1 is 1.32 bits per heavy atom. The van der Waals surface area contributed by atoms with Crippen LogP contribution in [0.5, 0.6) is 0 Å². The SMILES string of the molecule is O=C(COC1CCNCC1)Nc1c(Cl)cccc1Cl. The summed E-state index contributed by atoms with van der Waals surface area (Å²) in [6.07, 6.45) is 2.01. The number of rotatable bonds is 4. The van der Waals surface area contributed by atoms with Gasteiger partial charge in [0.1, 0.15) is 6.61 Å². The van der Waals surface area contributed by atoms with Crippen molar-refractivity contribution >= 4 is 34.8 Å². The van der Waals surface area contributed by atoms with Gasteiger partial charge in [-0.2, -0.15) is 0 Å². The first kappa shape index (κ1) is 14.6. The molecule has 0 aromatic heterocycles. The molecule has 1 amide bonds. The van der Waals surface area contributed by atoms with Gasteiger partial charge in [0.2, 0.25) is 5.91 Å². The van der Waals surface area contributed by atoms with Crippen LogP contribution < -0.4 is 10.6 Å². The highest BCUT2D eigenvalue weighted by Crippen LogP contribution is 2.29. The summed E-state index contributed by atoms with van der Waals surface area (Å²) >= 11 is 11.9. The number of anilines is 1. The molecule has 1 aromatic carbocycles. The Morgan fingerprint density at radius 2 is 1.95 bits per heavy atom. The summed E-state index contributed by atoms with van der Waals surface area (Å²) in [6.45, 7) is 1.89. The van der Waals surface area contributed by atoms with Gasteiger partial charge in [-0.15, -0.1) is 0 Å². The first-order valence-corrected chi connectivity index (χ1v) is 6.98. The molecule has 0 spiro atoms. The van der Waals surface area contributed by atoms with E-state index in [0.717, 1.165) is 25.9 Å². The lowest BCUT2D eigenvalue weighted by Crippen LogP contribution is -2.34. The summed E-state index contributed by atoms with van der Waals surface area (Å²) in [6, 6.07) is 5.08. The van der Waals surface area contributed by atoms with E-state index >= 15 is 0 Å². The highest BCUT2D eigenvalue weighted by Gasteiger charge is 2.16. The molecule has 19 heavy (non-hydrogen) atoms. The van der Waals surface area contributed by atoms with Crippen LogP contribution in [0.15, 0.2) is 18.2 Å². The molecule has 0 aliphatic carbocycles. The van der Waals surface area contributed by atoms with Crippen molar-refractivity contribution in [2.24, 2.45) is 0 Å². The topological polar surface area (TPSA) is 50.4 Å². The molecule has 0 bridgehead atoms. The lowest BCUT2D eigenvalue weighted by atomic mass is 10.1. The summed E-state index contributed by atoms with van der Waals surface area (Å²) in [5, 5.41) is 6.75. The lowest BCUT2D eigenvalue weighted by Gasteiger charge is -2.22. The molecule has 0 radical (unpaired) electrons. The number of amides is 1. The van der Waals surface area contributed by atoms with Crippen molar-refractivity contribution in [2.45, 2.75) is 18.9 Å². The van der Waals surface area contributed by atoms with Crippen molar-refractivity contribution in [2.75, 3.05) is 25.0 Å². The normalized spacial score (nSPS) is 16.3. The fourth-order valence-corrected chi connectivity index (χ4v) is 2.44. The molecule has 1 aliphatic rings. The lowest BCUT2D eigenvalue weighted by molar-refractivity contribution is -0.123. The summed E-state index contributed by atoms with van der Waals surface area (Å²) in [4.78, 5) is 11.8. The van der Waals surface area contributed by atoms with E-state index in [9.17, 15) is 4.79 Å². The van der Waals surface area contributed by atoms with Crippen molar-refractivity contribution in [1.29, 1.82) is 0 Å². The molecule has 2 N–H and O–H groups in total. The Kier molecular flexibility index (Phi) is 5.45. The van der Waals surface area contributed by atoms with E-state index in [1.54, 1.807) is 18.2 Å². The fourth-order valence-electron chi connectivity index (χ4n) is 1.95. The predicted octanol–water partition coefficient (Wildman–Crippen LogP) is 2.70. The van der Waals surface area contributed by atoms with Crippen LogP contribution >= 0.6 is 23.2 Å². The Bertz CT molecular complexity index is 428. The Balaban J connectivity index is 1.83. The fraction of sp³-hybridized carbons (Fsp3) is 0.462. The van der Waals surface area contributed by atoms with Crippen LogP contribution in [0.4, 0.5) is 5.69 Å². The number of benzene rings is 1. The first-order chi connectivity index (χ1) is 9.16. The van der Waals surface area contributed by atoms with Crippen molar-refractivity contribution in [3.05, 3.63) is 28.2 Å². The van der Waals surface area contributed by atoms with Gasteiger partial charge in [0.05, 0.1) is 21.8 Å². The van der Waals surface area contributed by atoms with Gasteiger partial charge in [-0.3, -0.25) is 4.79 Å². The zero-order chi connectivity index (χ0) is 13.7. The number of carbonyl (C=O) groups excluding carboxylic acids is 1. The maximum atomic E-state index is 11.8. The highest BCUT2D eigenvalue weighted by molar-refractivity contribution is 6.39. The van der Waals surface area contributed by atoms with E-state index in [1.807, 2.05) is 0 Å². The summed E-state index contributed by atoms with van der Waals surface area (Å²) in [5.41, 5.74) is 0.435. The zero-order valence-corrected chi connectivity index (χ0v) is 11.9. The van der Waals surface area contributed by atoms with Gasteiger partial charge in [-0.05, 0) is 38.1 Å². The van der Waals surface area contributed by atoms with Crippen molar-refractivity contribution < 1.29 is 9.53 Å². The van der Waals surface area contributed by atoms with Crippen molar-refractivity contribution in [1.82, 2.24) is 5.32 Å². The number of piperidine rings is 1. The summed E-state index contributed by atoms with van der Waals surface area (Å²) in [5.74, 6) is -0.242. The summed E-state index contributed by atoms with van der Waals surface area (Å²) in [7, 11) is 0. The molecule has 104 valence electrons. The number of hydrogen-bond acceptors (Lipinski definition) is 3. The minimum Gasteiger partial charge on any atom is -0.368 e. The minimum absolute atomic E-state index is 0.0201. The third-order valence-electron chi connectivity index (χ3n) is 2.96. The Hall–Kier alpha value is -0.810. The molecular formula is C13H16Cl2N2O2. The van der Waals surface area contributed by atoms with Crippen LogP contribution in [0.1, 0.15) is 12.8 Å². The average molecular weight is 303 g/mol. The number of ether oxygens (including phenoxy) is 1. The molecule has 4 nitrogen and oxygen atoms in total. The molecular weight excluding hydrogens is 287 g/mol. The third kappa shape index (κ3) is 4.35. The van der Waals surface area contributed by atoms with Gasteiger partial charge < -0.3 is 15.4 Å². The Labute approximate surface area is 122 Å². The van der Waals surface area contributed by atoms with Gasteiger partial charge in [-0.1, -0.05) is 29.3 Å². The molecule has 2 rings (SSSR count). The van der Waals surface area contributed by atoms with Gasteiger partial charge in [-0.25, -0.2) is 0 Å².